The number of nitrogens with one attached hydrogen (secondary N) is 1. The Balaban J connectivity index is 1.51. The normalized spacial score (nSPS) is 25.7. The molecule has 3 aliphatic rings. The van der Waals surface area contributed by atoms with E-state index in [9.17, 15) is 29.4 Å². The highest BCUT2D eigenvalue weighted by Gasteiger charge is 2.75. The third-order valence-electron chi connectivity index (χ3n) is 10.4. The Kier molecular flexibility index (Phi) is 8.79. The number of ether oxygens (including phenoxy) is 2. The van der Waals surface area contributed by atoms with Gasteiger partial charge in [-0.1, -0.05) is 105 Å². The van der Waals surface area contributed by atoms with E-state index in [1.807, 2.05) is 60.7 Å². The van der Waals surface area contributed by atoms with E-state index in [1.165, 1.54) is 25.3 Å². The summed E-state index contributed by atoms with van der Waals surface area (Å²) in [4.78, 5) is 73.4. The topological polar surface area (TPSA) is 163 Å². The summed E-state index contributed by atoms with van der Waals surface area (Å²) in [6.07, 6.45) is -0.922. The molecule has 0 aromatic heterocycles. The van der Waals surface area contributed by atoms with Crippen LogP contribution in [0.25, 0.3) is 0 Å². The SMILES string of the molecule is COC(=O)C(NC(=O)N1C(=O)C2(c3ccccc31)C(C(=O)O)C1C(=O)OC(c3ccccc3)C(c3ccccc3)N1C2c1ccc(O)cc1)C(C)C. The Bertz CT molecular complexity index is 2040. The predicted octanol–water partition coefficient (Wildman–Crippen LogP) is 5.05. The Morgan fingerprint density at radius 2 is 1.40 bits per heavy atom. The molecule has 0 saturated carbocycles. The average Bonchev–Trinajstić information content (AvgIpc) is 3.61. The maximum Gasteiger partial charge on any atom is 0.329 e. The number of hydrogen-bond donors (Lipinski definition) is 3. The monoisotopic (exact) mass is 703 g/mol. The standard InChI is InChI=1S/C40H37N3O9/c1-22(2)30(36(47)51-3)41-39(50)42-28-17-11-10-16-27(28)40(38(42)49)29(35(45)46)32-37(48)52-33(24-14-8-5-9-15-24)31(23-12-6-4-7-13-23)43(32)34(40)25-18-20-26(44)21-19-25/h4-22,29-34,44H,1-3H3,(H,41,50)(H,45,46). The molecule has 3 aliphatic heterocycles. The number of methoxy groups -OCH3 is 1. The number of aromatic hydroxyl groups is 1. The van der Waals surface area contributed by atoms with Gasteiger partial charge in [-0.25, -0.2) is 14.5 Å². The van der Waals surface area contributed by atoms with Gasteiger partial charge in [-0.15, -0.1) is 0 Å². The largest absolute Gasteiger partial charge is 0.508 e. The first kappa shape index (κ1) is 34.4. The van der Waals surface area contributed by atoms with E-state index in [0.717, 1.165) is 4.90 Å². The zero-order chi connectivity index (χ0) is 36.9. The van der Waals surface area contributed by atoms with Crippen molar-refractivity contribution in [2.24, 2.45) is 11.8 Å². The summed E-state index contributed by atoms with van der Waals surface area (Å²) in [6, 6.07) is 25.1. The molecule has 3 heterocycles. The predicted molar refractivity (Wildman–Crippen MR) is 187 cm³/mol. The molecule has 52 heavy (non-hydrogen) atoms. The number of fused-ring (bicyclic) bond motifs is 3. The fraction of sp³-hybridized carbons (Fsp3) is 0.275. The molecule has 0 aliphatic carbocycles. The Hall–Kier alpha value is -6.01. The lowest BCUT2D eigenvalue weighted by atomic mass is 9.65. The summed E-state index contributed by atoms with van der Waals surface area (Å²) < 4.78 is 11.1. The fourth-order valence-electron chi connectivity index (χ4n) is 8.32. The van der Waals surface area contributed by atoms with Gasteiger partial charge in [0.15, 0.2) is 0 Å². The van der Waals surface area contributed by atoms with Crippen molar-refractivity contribution in [2.45, 2.75) is 49.5 Å². The zero-order valence-corrected chi connectivity index (χ0v) is 28.6. The molecule has 4 aromatic carbocycles. The third-order valence-corrected chi connectivity index (χ3v) is 10.4. The lowest BCUT2D eigenvalue weighted by Crippen LogP contribution is -2.56. The smallest absolute Gasteiger partial charge is 0.329 e. The van der Waals surface area contributed by atoms with Crippen molar-refractivity contribution in [2.75, 3.05) is 12.0 Å². The van der Waals surface area contributed by atoms with Gasteiger partial charge in [0.25, 0.3) is 0 Å². The highest BCUT2D eigenvalue weighted by Crippen LogP contribution is 2.65. The number of phenolic OH excluding ortho intramolecular Hbond substituents is 1. The molecule has 7 atom stereocenters. The number of phenols is 1. The molecule has 2 fully saturated rings. The molecule has 12 nitrogen and oxygen atoms in total. The van der Waals surface area contributed by atoms with Crippen molar-refractivity contribution in [1.82, 2.24) is 10.2 Å². The number of carboxylic acid groups (broad SMARTS) is 1. The molecular weight excluding hydrogens is 666 g/mol. The summed E-state index contributed by atoms with van der Waals surface area (Å²) in [5.41, 5.74) is 0.0140. The van der Waals surface area contributed by atoms with Crippen LogP contribution in [-0.4, -0.2) is 64.2 Å². The van der Waals surface area contributed by atoms with E-state index in [4.69, 9.17) is 9.47 Å². The van der Waals surface area contributed by atoms with E-state index in [-0.39, 0.29) is 17.0 Å². The number of aliphatic carboxylic acids is 1. The number of carboxylic acids is 1. The number of morpholine rings is 1. The average molecular weight is 704 g/mol. The van der Waals surface area contributed by atoms with Gasteiger partial charge < -0.3 is 25.0 Å². The van der Waals surface area contributed by atoms with E-state index in [2.05, 4.69) is 5.32 Å². The number of esters is 2. The second-order valence-electron chi connectivity index (χ2n) is 13.5. The number of para-hydroxylation sites is 1. The fourth-order valence-corrected chi connectivity index (χ4v) is 8.32. The Labute approximate surface area is 299 Å². The van der Waals surface area contributed by atoms with Crippen LogP contribution >= 0.6 is 0 Å². The highest BCUT2D eigenvalue weighted by molar-refractivity contribution is 6.24. The van der Waals surface area contributed by atoms with E-state index >= 15 is 4.79 Å². The van der Waals surface area contributed by atoms with Crippen molar-refractivity contribution >= 4 is 35.5 Å². The van der Waals surface area contributed by atoms with E-state index in [1.54, 1.807) is 49.1 Å². The van der Waals surface area contributed by atoms with Gasteiger partial charge in [0.05, 0.1) is 24.9 Å². The minimum Gasteiger partial charge on any atom is -0.508 e. The first-order valence-corrected chi connectivity index (χ1v) is 16.9. The van der Waals surface area contributed by atoms with Crippen LogP contribution in [0.3, 0.4) is 0 Å². The molecule has 12 heteroatoms. The summed E-state index contributed by atoms with van der Waals surface area (Å²) in [7, 11) is 1.19. The van der Waals surface area contributed by atoms with E-state index in [0.29, 0.717) is 16.7 Å². The minimum absolute atomic E-state index is 0.0661. The number of nitrogens with zero attached hydrogens (tertiary/aromatic N) is 2. The minimum atomic E-state index is -2.09. The molecule has 7 unspecified atom stereocenters. The number of carbonyl (C=O) groups is 5. The van der Waals surface area contributed by atoms with Gasteiger partial charge in [-0.05, 0) is 46.4 Å². The number of benzene rings is 4. The van der Waals surface area contributed by atoms with Gasteiger partial charge in [-0.2, -0.15) is 0 Å². The second kappa shape index (κ2) is 13.3. The maximum absolute atomic E-state index is 15.5. The number of anilines is 1. The van der Waals surface area contributed by atoms with Crippen LogP contribution in [0, 0.1) is 11.8 Å². The van der Waals surface area contributed by atoms with Crippen LogP contribution in [0.5, 0.6) is 5.75 Å². The zero-order valence-electron chi connectivity index (χ0n) is 28.6. The van der Waals surface area contributed by atoms with Gasteiger partial charge in [-0.3, -0.25) is 19.3 Å². The molecule has 3 amide bonds. The number of imide groups is 1. The molecule has 0 radical (unpaired) electrons. The molecule has 4 aromatic rings. The maximum atomic E-state index is 15.5. The number of carbonyl (C=O) groups excluding carboxylic acids is 4. The summed E-state index contributed by atoms with van der Waals surface area (Å²) >= 11 is 0. The molecule has 0 bridgehead atoms. The highest BCUT2D eigenvalue weighted by atomic mass is 16.6. The van der Waals surface area contributed by atoms with Gasteiger partial charge in [0, 0.05) is 0 Å². The van der Waals surface area contributed by atoms with Gasteiger partial charge in [0.2, 0.25) is 5.91 Å². The van der Waals surface area contributed by atoms with Gasteiger partial charge in [0.1, 0.15) is 35.3 Å². The second-order valence-corrected chi connectivity index (χ2v) is 13.5. The van der Waals surface area contributed by atoms with Crippen molar-refractivity contribution < 1.29 is 43.7 Å². The number of hydrogen-bond acceptors (Lipinski definition) is 9. The van der Waals surface area contributed by atoms with Crippen LogP contribution in [0.15, 0.2) is 109 Å². The van der Waals surface area contributed by atoms with E-state index < -0.39 is 77.4 Å². The first-order valence-electron chi connectivity index (χ1n) is 16.9. The lowest BCUT2D eigenvalue weighted by Gasteiger charge is -2.46. The van der Waals surface area contributed by atoms with Crippen LogP contribution in [0.4, 0.5) is 10.5 Å². The number of cyclic esters (lactones) is 1. The Morgan fingerprint density at radius 3 is 2.00 bits per heavy atom. The summed E-state index contributed by atoms with van der Waals surface area (Å²) in [5, 5.41) is 24.2. The molecule has 3 N–H and O–H groups in total. The van der Waals surface area contributed by atoms with Crippen molar-refractivity contribution in [3.63, 3.8) is 0 Å². The molecule has 7 rings (SSSR count). The molecule has 266 valence electrons. The summed E-state index contributed by atoms with van der Waals surface area (Å²) in [6.45, 7) is 3.41. The molecular formula is C40H37N3O9. The quantitative estimate of drug-likeness (QED) is 0.222. The molecule has 1 spiro atoms. The molecule has 2 saturated heterocycles. The Morgan fingerprint density at radius 1 is 0.808 bits per heavy atom. The first-order chi connectivity index (χ1) is 25.0. The summed E-state index contributed by atoms with van der Waals surface area (Å²) in [5.74, 6) is -6.15. The number of rotatable bonds is 7. The van der Waals surface area contributed by atoms with Crippen LogP contribution in [0.2, 0.25) is 0 Å². The number of urea groups is 1. The van der Waals surface area contributed by atoms with Crippen LogP contribution in [0.1, 0.15) is 54.3 Å². The number of amides is 3. The lowest BCUT2D eigenvalue weighted by molar-refractivity contribution is -0.179. The van der Waals surface area contributed by atoms with Crippen molar-refractivity contribution in [3.05, 3.63) is 131 Å². The van der Waals surface area contributed by atoms with Gasteiger partial charge >= 0.3 is 23.9 Å². The van der Waals surface area contributed by atoms with Crippen molar-refractivity contribution in [1.29, 1.82) is 0 Å². The van der Waals surface area contributed by atoms with Crippen LogP contribution < -0.4 is 10.2 Å². The third kappa shape index (κ3) is 5.20. The van der Waals surface area contributed by atoms with Crippen molar-refractivity contribution in [3.8, 4) is 5.75 Å². The van der Waals surface area contributed by atoms with Crippen LogP contribution in [-0.2, 0) is 34.1 Å².